The van der Waals surface area contributed by atoms with Crippen molar-refractivity contribution in [1.29, 1.82) is 0 Å². The molecule has 5 rings (SSSR count). The Hall–Kier alpha value is -3.95. The molecule has 0 amide bonds. The molecule has 0 saturated heterocycles. The summed E-state index contributed by atoms with van der Waals surface area (Å²) in [4.78, 5) is 7.34. The van der Waals surface area contributed by atoms with E-state index in [1.807, 2.05) is 25.2 Å². The van der Waals surface area contributed by atoms with Gasteiger partial charge in [0.25, 0.3) is 0 Å². The topological polar surface area (TPSA) is 103 Å². The van der Waals surface area contributed by atoms with Gasteiger partial charge in [-0.2, -0.15) is 0 Å². The van der Waals surface area contributed by atoms with E-state index in [0.717, 1.165) is 88.9 Å². The molecule has 3 N–H and O–H groups in total. The van der Waals surface area contributed by atoms with Gasteiger partial charge in [0, 0.05) is 57.8 Å². The molecule has 0 saturated carbocycles. The lowest BCUT2D eigenvalue weighted by molar-refractivity contribution is 0.391. The highest BCUT2D eigenvalue weighted by atomic mass is 16.5. The summed E-state index contributed by atoms with van der Waals surface area (Å²) >= 11 is 0. The Kier molecular flexibility index (Phi) is 8.62. The standard InChI is InChI=1S/C31H39N7O2/c1-5-6-7-27-34-29-30(38(27)19-22-10-8-21(17-32)9-11-22)28(23-14-15-33-18-23)35-36-31(29)37(2)20-24-12-13-25(39-3)16-26(24)40-4/h8-14,16,33H,5-7,15,17-20,32H2,1-4H3. The van der Waals surface area contributed by atoms with Crippen molar-refractivity contribution in [1.82, 2.24) is 25.1 Å². The molecule has 0 atom stereocenters. The number of aryl methyl sites for hydroxylation is 1. The van der Waals surface area contributed by atoms with Gasteiger partial charge in [-0.05, 0) is 35.3 Å². The van der Waals surface area contributed by atoms with E-state index < -0.39 is 0 Å². The first-order chi connectivity index (χ1) is 19.6. The second kappa shape index (κ2) is 12.5. The zero-order chi connectivity index (χ0) is 28.1. The zero-order valence-corrected chi connectivity index (χ0v) is 23.9. The number of unbranched alkanes of at least 4 members (excludes halogenated alkanes) is 1. The number of hydrogen-bond acceptors (Lipinski definition) is 8. The Morgan fingerprint density at radius 2 is 1.85 bits per heavy atom. The van der Waals surface area contributed by atoms with Crippen LogP contribution < -0.4 is 25.4 Å². The van der Waals surface area contributed by atoms with Crippen LogP contribution in [-0.2, 0) is 26.1 Å². The first-order valence-corrected chi connectivity index (χ1v) is 13.9. The molecular formula is C31H39N7O2. The minimum Gasteiger partial charge on any atom is -0.497 e. The highest BCUT2D eigenvalue weighted by Gasteiger charge is 2.24. The van der Waals surface area contributed by atoms with Crippen LogP contribution in [0.25, 0.3) is 16.6 Å². The Bertz CT molecular complexity index is 1490. The Morgan fingerprint density at radius 1 is 1.05 bits per heavy atom. The van der Waals surface area contributed by atoms with Gasteiger partial charge in [0.05, 0.1) is 14.2 Å². The van der Waals surface area contributed by atoms with E-state index in [9.17, 15) is 0 Å². The summed E-state index contributed by atoms with van der Waals surface area (Å²) in [7, 11) is 5.36. The van der Waals surface area contributed by atoms with Gasteiger partial charge in [-0.25, -0.2) is 4.98 Å². The summed E-state index contributed by atoms with van der Waals surface area (Å²) in [5.74, 6) is 3.33. The molecule has 0 spiro atoms. The van der Waals surface area contributed by atoms with Gasteiger partial charge in [-0.15, -0.1) is 10.2 Å². The number of methoxy groups -OCH3 is 2. The van der Waals surface area contributed by atoms with Gasteiger partial charge in [0.15, 0.2) is 5.82 Å². The number of fused-ring (bicyclic) bond motifs is 1. The van der Waals surface area contributed by atoms with E-state index in [2.05, 4.69) is 52.0 Å². The summed E-state index contributed by atoms with van der Waals surface area (Å²) < 4.78 is 13.4. The average Bonchev–Trinajstić information content (AvgIpc) is 3.65. The summed E-state index contributed by atoms with van der Waals surface area (Å²) in [5, 5.41) is 13.0. The molecule has 2 aromatic carbocycles. The van der Waals surface area contributed by atoms with Crippen LogP contribution in [0.2, 0.25) is 0 Å². The van der Waals surface area contributed by atoms with Crippen molar-refractivity contribution < 1.29 is 9.47 Å². The number of benzene rings is 2. The van der Waals surface area contributed by atoms with Crippen LogP contribution in [0.3, 0.4) is 0 Å². The van der Waals surface area contributed by atoms with Gasteiger partial charge in [0.2, 0.25) is 0 Å². The number of rotatable bonds is 12. The summed E-state index contributed by atoms with van der Waals surface area (Å²) in [6.45, 7) is 5.63. The maximum atomic E-state index is 5.85. The molecule has 4 aromatic rings. The second-order valence-corrected chi connectivity index (χ2v) is 10.2. The maximum absolute atomic E-state index is 5.85. The predicted molar refractivity (Wildman–Crippen MR) is 160 cm³/mol. The number of ether oxygens (including phenoxy) is 2. The van der Waals surface area contributed by atoms with Crippen molar-refractivity contribution in [3.05, 3.63) is 76.7 Å². The van der Waals surface area contributed by atoms with Gasteiger partial charge in [-0.1, -0.05) is 43.7 Å². The summed E-state index contributed by atoms with van der Waals surface area (Å²) in [5.41, 5.74) is 13.2. The average molecular weight is 542 g/mol. The Morgan fingerprint density at radius 3 is 2.52 bits per heavy atom. The highest BCUT2D eigenvalue weighted by Crippen LogP contribution is 2.33. The Labute approximate surface area is 236 Å². The number of nitrogens with two attached hydrogens (primary N) is 1. The molecule has 2 aromatic heterocycles. The predicted octanol–water partition coefficient (Wildman–Crippen LogP) is 4.32. The molecule has 0 bridgehead atoms. The first-order valence-electron chi connectivity index (χ1n) is 13.9. The normalized spacial score (nSPS) is 13.1. The SMILES string of the molecule is CCCCc1nc2c(N(C)Cc3ccc(OC)cc3OC)nnc(C3=CCNC3)c2n1Cc1ccc(CN)cc1. The lowest BCUT2D eigenvalue weighted by Gasteiger charge is -2.21. The molecule has 3 heterocycles. The van der Waals surface area contributed by atoms with E-state index in [1.165, 1.54) is 5.56 Å². The number of aromatic nitrogens is 4. The molecule has 0 aliphatic carbocycles. The fourth-order valence-electron chi connectivity index (χ4n) is 5.19. The molecule has 0 unspecified atom stereocenters. The van der Waals surface area contributed by atoms with Crippen molar-refractivity contribution in [3.8, 4) is 11.5 Å². The highest BCUT2D eigenvalue weighted by molar-refractivity contribution is 5.94. The maximum Gasteiger partial charge on any atom is 0.179 e. The number of nitrogens with zero attached hydrogens (tertiary/aromatic N) is 5. The molecule has 9 heteroatoms. The molecule has 1 aliphatic heterocycles. The van der Waals surface area contributed by atoms with Gasteiger partial charge in [0.1, 0.15) is 34.1 Å². The molecule has 0 radical (unpaired) electrons. The monoisotopic (exact) mass is 541 g/mol. The van der Waals surface area contributed by atoms with Crippen LogP contribution in [0.4, 0.5) is 5.82 Å². The van der Waals surface area contributed by atoms with Crippen LogP contribution >= 0.6 is 0 Å². The van der Waals surface area contributed by atoms with Crippen molar-refractivity contribution in [2.75, 3.05) is 39.3 Å². The lowest BCUT2D eigenvalue weighted by atomic mass is 10.1. The minimum atomic E-state index is 0.533. The third-order valence-corrected chi connectivity index (χ3v) is 7.46. The molecule has 210 valence electrons. The van der Waals surface area contributed by atoms with E-state index in [1.54, 1.807) is 14.2 Å². The smallest absolute Gasteiger partial charge is 0.179 e. The van der Waals surface area contributed by atoms with Gasteiger partial charge >= 0.3 is 0 Å². The molecule has 40 heavy (non-hydrogen) atoms. The summed E-state index contributed by atoms with van der Waals surface area (Å²) in [6, 6.07) is 14.4. The van der Waals surface area contributed by atoms with Crippen LogP contribution in [-0.4, -0.2) is 54.1 Å². The minimum absolute atomic E-state index is 0.533. The van der Waals surface area contributed by atoms with Crippen molar-refractivity contribution in [2.24, 2.45) is 5.73 Å². The molecular weight excluding hydrogens is 502 g/mol. The van der Waals surface area contributed by atoms with Crippen LogP contribution in [0, 0.1) is 0 Å². The second-order valence-electron chi connectivity index (χ2n) is 10.2. The third kappa shape index (κ3) is 5.66. The van der Waals surface area contributed by atoms with Gasteiger partial charge in [-0.3, -0.25) is 0 Å². The lowest BCUT2D eigenvalue weighted by Crippen LogP contribution is -2.20. The van der Waals surface area contributed by atoms with E-state index >= 15 is 0 Å². The number of imidazole rings is 1. The quantitative estimate of drug-likeness (QED) is 0.273. The number of nitrogens with one attached hydrogen (secondary N) is 1. The first kappa shape index (κ1) is 27.6. The van der Waals surface area contributed by atoms with Gasteiger partial charge < -0.3 is 30.0 Å². The third-order valence-electron chi connectivity index (χ3n) is 7.46. The van der Waals surface area contributed by atoms with Crippen molar-refractivity contribution in [3.63, 3.8) is 0 Å². The molecule has 1 aliphatic rings. The van der Waals surface area contributed by atoms with Crippen molar-refractivity contribution in [2.45, 2.75) is 45.8 Å². The molecule has 0 fully saturated rings. The van der Waals surface area contributed by atoms with Crippen LogP contribution in [0.15, 0.2) is 48.5 Å². The van der Waals surface area contributed by atoms with Crippen molar-refractivity contribution >= 4 is 22.4 Å². The van der Waals surface area contributed by atoms with E-state index in [0.29, 0.717) is 19.6 Å². The fourth-order valence-corrected chi connectivity index (χ4v) is 5.19. The number of hydrogen-bond donors (Lipinski definition) is 2. The van der Waals surface area contributed by atoms with Crippen LogP contribution in [0.5, 0.6) is 11.5 Å². The summed E-state index contributed by atoms with van der Waals surface area (Å²) in [6.07, 6.45) is 5.24. The number of anilines is 1. The van der Waals surface area contributed by atoms with E-state index in [-0.39, 0.29) is 0 Å². The van der Waals surface area contributed by atoms with Crippen LogP contribution in [0.1, 0.15) is 48.0 Å². The Balaban J connectivity index is 1.62. The van der Waals surface area contributed by atoms with E-state index in [4.69, 9.17) is 30.4 Å². The largest absolute Gasteiger partial charge is 0.497 e. The molecule has 9 nitrogen and oxygen atoms in total. The fraction of sp³-hybridized carbons (Fsp3) is 0.387. The zero-order valence-electron chi connectivity index (χ0n) is 23.9.